The summed E-state index contributed by atoms with van der Waals surface area (Å²) < 4.78 is 0. The van der Waals surface area contributed by atoms with E-state index in [4.69, 9.17) is 0 Å². The third kappa shape index (κ3) is 2.15. The van der Waals surface area contributed by atoms with Crippen LogP contribution in [0.25, 0.3) is 0 Å². The predicted octanol–water partition coefficient (Wildman–Crippen LogP) is -0.444. The Hall–Kier alpha value is -1.72. The quantitative estimate of drug-likeness (QED) is 0.265. The van der Waals surface area contributed by atoms with Crippen LogP contribution in [0.3, 0.4) is 0 Å². The molecule has 0 aromatic rings. The van der Waals surface area contributed by atoms with E-state index in [1.54, 1.807) is 6.92 Å². The SMILES string of the molecule is CCCC(=O)OOC(=O)C1C(=O)C1=O. The number of carbonyl (C=O) groups is 4. The first-order valence-electron chi connectivity index (χ1n) is 4.07. The van der Waals surface area contributed by atoms with Gasteiger partial charge in [-0.15, -0.1) is 0 Å². The first-order chi connectivity index (χ1) is 6.57. The molecule has 14 heavy (non-hydrogen) atoms. The summed E-state index contributed by atoms with van der Waals surface area (Å²) in [6, 6.07) is 0. The third-order valence-electron chi connectivity index (χ3n) is 1.59. The molecule has 0 bridgehead atoms. The Morgan fingerprint density at radius 2 is 1.79 bits per heavy atom. The van der Waals surface area contributed by atoms with E-state index in [0.717, 1.165) is 0 Å². The van der Waals surface area contributed by atoms with Crippen molar-refractivity contribution in [3.8, 4) is 0 Å². The Morgan fingerprint density at radius 3 is 2.21 bits per heavy atom. The predicted molar refractivity (Wildman–Crippen MR) is 40.6 cm³/mol. The van der Waals surface area contributed by atoms with Crippen molar-refractivity contribution in [3.63, 3.8) is 0 Å². The minimum absolute atomic E-state index is 0.111. The minimum atomic E-state index is -1.37. The van der Waals surface area contributed by atoms with Crippen LogP contribution in [0, 0.1) is 5.92 Å². The molecule has 6 heteroatoms. The molecule has 0 N–H and O–H groups in total. The van der Waals surface area contributed by atoms with Crippen LogP contribution in [0.1, 0.15) is 19.8 Å². The number of rotatable bonds is 3. The van der Waals surface area contributed by atoms with Gasteiger partial charge in [0.15, 0.2) is 5.92 Å². The first-order valence-corrected chi connectivity index (χ1v) is 4.07. The first kappa shape index (κ1) is 10.4. The van der Waals surface area contributed by atoms with Gasteiger partial charge in [-0.1, -0.05) is 6.92 Å². The van der Waals surface area contributed by atoms with E-state index in [1.807, 2.05) is 0 Å². The molecule has 0 spiro atoms. The summed E-state index contributed by atoms with van der Waals surface area (Å²) in [5.41, 5.74) is 0. The fourth-order valence-electron chi connectivity index (χ4n) is 0.779. The van der Waals surface area contributed by atoms with Crippen molar-refractivity contribution >= 4 is 23.5 Å². The summed E-state index contributed by atoms with van der Waals surface area (Å²) in [5.74, 6) is -4.81. The molecule has 6 nitrogen and oxygen atoms in total. The molecule has 1 aliphatic rings. The molecule has 0 atom stereocenters. The molecule has 0 aromatic heterocycles. The van der Waals surface area contributed by atoms with E-state index in [2.05, 4.69) is 9.78 Å². The summed E-state index contributed by atoms with van der Waals surface area (Å²) in [6.45, 7) is 1.75. The highest BCUT2D eigenvalue weighted by Crippen LogP contribution is 2.20. The van der Waals surface area contributed by atoms with Crippen LogP contribution in [0.4, 0.5) is 0 Å². The minimum Gasteiger partial charge on any atom is -0.289 e. The molecule has 0 radical (unpaired) electrons. The maximum atomic E-state index is 10.8. The monoisotopic (exact) mass is 200 g/mol. The van der Waals surface area contributed by atoms with Crippen molar-refractivity contribution < 1.29 is 29.0 Å². The normalized spacial score (nSPS) is 15.2. The molecule has 0 saturated heterocycles. The lowest BCUT2D eigenvalue weighted by molar-refractivity contribution is -0.259. The van der Waals surface area contributed by atoms with E-state index in [1.165, 1.54) is 0 Å². The number of hydrogen-bond acceptors (Lipinski definition) is 6. The van der Waals surface area contributed by atoms with Gasteiger partial charge in [0.1, 0.15) is 0 Å². The fraction of sp³-hybridized carbons (Fsp3) is 0.500. The molecule has 76 valence electrons. The third-order valence-corrected chi connectivity index (χ3v) is 1.59. The van der Waals surface area contributed by atoms with Crippen LogP contribution >= 0.6 is 0 Å². The highest BCUT2D eigenvalue weighted by molar-refractivity contribution is 6.66. The average molecular weight is 200 g/mol. The Kier molecular flexibility index (Phi) is 2.95. The second-order valence-corrected chi connectivity index (χ2v) is 2.77. The maximum Gasteiger partial charge on any atom is 0.374 e. The lowest BCUT2D eigenvalue weighted by atomic mass is 10.3. The van der Waals surface area contributed by atoms with Crippen LogP contribution in [-0.2, 0) is 29.0 Å². The molecule has 0 amide bonds. The highest BCUT2D eigenvalue weighted by Gasteiger charge is 2.56. The molecule has 0 heterocycles. The maximum absolute atomic E-state index is 10.8. The molecular formula is C8H8O6. The topological polar surface area (TPSA) is 86.7 Å². The summed E-state index contributed by atoms with van der Waals surface area (Å²) in [6.07, 6.45) is 0.664. The van der Waals surface area contributed by atoms with E-state index in [0.29, 0.717) is 6.42 Å². The molecule has 0 unspecified atom stereocenters. The lowest BCUT2D eigenvalue weighted by Crippen LogP contribution is -2.13. The molecule has 1 saturated carbocycles. The van der Waals surface area contributed by atoms with E-state index >= 15 is 0 Å². The molecule has 1 rings (SSSR count). The summed E-state index contributed by atoms with van der Waals surface area (Å²) >= 11 is 0. The van der Waals surface area contributed by atoms with E-state index in [9.17, 15) is 19.2 Å². The Labute approximate surface area is 79.1 Å². The zero-order valence-corrected chi connectivity index (χ0v) is 7.44. The van der Waals surface area contributed by atoms with Gasteiger partial charge in [-0.2, -0.15) is 0 Å². The van der Waals surface area contributed by atoms with Crippen molar-refractivity contribution in [3.05, 3.63) is 0 Å². The summed E-state index contributed by atoms with van der Waals surface area (Å²) in [4.78, 5) is 50.4. The van der Waals surface area contributed by atoms with Crippen LogP contribution in [-0.4, -0.2) is 23.5 Å². The van der Waals surface area contributed by atoms with Crippen LogP contribution in [0.15, 0.2) is 0 Å². The summed E-state index contributed by atoms with van der Waals surface area (Å²) in [7, 11) is 0. The van der Waals surface area contributed by atoms with E-state index in [-0.39, 0.29) is 6.42 Å². The molecular weight excluding hydrogens is 192 g/mol. The lowest BCUT2D eigenvalue weighted by Gasteiger charge is -1.99. The van der Waals surface area contributed by atoms with Gasteiger partial charge in [0.2, 0.25) is 11.6 Å². The molecule has 0 aliphatic heterocycles. The Balaban J connectivity index is 2.26. The standard InChI is InChI=1S/C8H8O6/c1-2-3-4(9)13-14-8(12)5-6(10)7(5)11/h5H,2-3H2,1H3. The van der Waals surface area contributed by atoms with Gasteiger partial charge < -0.3 is 0 Å². The zero-order valence-electron chi connectivity index (χ0n) is 7.44. The van der Waals surface area contributed by atoms with Gasteiger partial charge >= 0.3 is 11.9 Å². The van der Waals surface area contributed by atoms with Gasteiger partial charge in [-0.05, 0) is 6.42 Å². The van der Waals surface area contributed by atoms with Crippen LogP contribution < -0.4 is 0 Å². The summed E-state index contributed by atoms with van der Waals surface area (Å²) in [5, 5.41) is 0. The Morgan fingerprint density at radius 1 is 1.21 bits per heavy atom. The average Bonchev–Trinajstić information content (AvgIpc) is 2.72. The second-order valence-electron chi connectivity index (χ2n) is 2.77. The second kappa shape index (κ2) is 3.99. The smallest absolute Gasteiger partial charge is 0.289 e. The van der Waals surface area contributed by atoms with Crippen LogP contribution in [0.2, 0.25) is 0 Å². The zero-order chi connectivity index (χ0) is 10.7. The largest absolute Gasteiger partial charge is 0.374 e. The van der Waals surface area contributed by atoms with Crippen molar-refractivity contribution in [1.29, 1.82) is 0 Å². The fourth-order valence-corrected chi connectivity index (χ4v) is 0.779. The van der Waals surface area contributed by atoms with Gasteiger partial charge in [0.05, 0.1) is 0 Å². The van der Waals surface area contributed by atoms with E-state index < -0.39 is 29.4 Å². The van der Waals surface area contributed by atoms with Crippen LogP contribution in [0.5, 0.6) is 0 Å². The van der Waals surface area contributed by atoms with Crippen molar-refractivity contribution in [2.45, 2.75) is 19.8 Å². The van der Waals surface area contributed by atoms with Gasteiger partial charge in [0.25, 0.3) is 0 Å². The van der Waals surface area contributed by atoms with Gasteiger partial charge in [-0.3, -0.25) is 9.59 Å². The Bertz CT molecular complexity index is 291. The van der Waals surface area contributed by atoms with Crippen molar-refractivity contribution in [2.24, 2.45) is 5.92 Å². The molecule has 0 aromatic carbocycles. The van der Waals surface area contributed by atoms with Gasteiger partial charge in [0, 0.05) is 6.42 Å². The number of carbonyl (C=O) groups excluding carboxylic acids is 4. The number of hydrogen-bond donors (Lipinski definition) is 0. The number of Topliss-reactive ketones (excluding diaryl/α,β-unsaturated/α-hetero) is 2. The number of ketones is 2. The molecule has 1 aliphatic carbocycles. The van der Waals surface area contributed by atoms with Gasteiger partial charge in [-0.25, -0.2) is 19.4 Å². The van der Waals surface area contributed by atoms with Crippen molar-refractivity contribution in [2.75, 3.05) is 0 Å². The van der Waals surface area contributed by atoms with Crippen molar-refractivity contribution in [1.82, 2.24) is 0 Å². The molecule has 1 fully saturated rings. The highest BCUT2D eigenvalue weighted by atomic mass is 17.2.